The number of carbonyl (C=O) groups excluding carboxylic acids is 1. The Bertz CT molecular complexity index is 324. The molecule has 0 radical (unpaired) electrons. The lowest BCUT2D eigenvalue weighted by atomic mass is 10.2. The van der Waals surface area contributed by atoms with E-state index in [1.165, 1.54) is 0 Å². The van der Waals surface area contributed by atoms with Crippen LogP contribution in [0.2, 0.25) is 0 Å². The third-order valence-electron chi connectivity index (χ3n) is 2.41. The van der Waals surface area contributed by atoms with Crippen LogP contribution < -0.4 is 4.90 Å². The highest BCUT2D eigenvalue weighted by Gasteiger charge is 2.19. The molecule has 1 aromatic rings. The third-order valence-corrected chi connectivity index (χ3v) is 2.60. The average Bonchev–Trinajstić information content (AvgIpc) is 2.30. The number of alkyl halides is 1. The molecule has 0 aliphatic carbocycles. The summed E-state index contributed by atoms with van der Waals surface area (Å²) in [6, 6.07) is 9.68. The first kappa shape index (κ1) is 13.0. The molecule has 1 unspecified atom stereocenters. The zero-order valence-corrected chi connectivity index (χ0v) is 10.6. The summed E-state index contributed by atoms with van der Waals surface area (Å²) in [4.78, 5) is 13.7. The Morgan fingerprint density at radius 3 is 2.50 bits per heavy atom. The van der Waals surface area contributed by atoms with Crippen LogP contribution in [0.25, 0.3) is 0 Å². The van der Waals surface area contributed by atoms with E-state index in [0.717, 1.165) is 25.1 Å². The van der Waals surface area contributed by atoms with E-state index in [-0.39, 0.29) is 5.91 Å². The second-order valence-corrected chi connectivity index (χ2v) is 4.45. The lowest BCUT2D eigenvalue weighted by Gasteiger charge is -2.23. The van der Waals surface area contributed by atoms with Crippen molar-refractivity contribution in [3.8, 4) is 0 Å². The van der Waals surface area contributed by atoms with E-state index in [1.807, 2.05) is 30.3 Å². The smallest absolute Gasteiger partial charge is 0.244 e. The highest BCUT2D eigenvalue weighted by molar-refractivity contribution is 6.32. The summed E-state index contributed by atoms with van der Waals surface area (Å²) in [6.45, 7) is 4.56. The number of unbranched alkanes of at least 4 members (excludes halogenated alkanes) is 1. The van der Waals surface area contributed by atoms with Crippen LogP contribution in [0.3, 0.4) is 0 Å². The minimum Gasteiger partial charge on any atom is -0.311 e. The summed E-state index contributed by atoms with van der Waals surface area (Å²) in [7, 11) is 0. The number of para-hydroxylation sites is 1. The van der Waals surface area contributed by atoms with E-state index in [1.54, 1.807) is 11.8 Å². The van der Waals surface area contributed by atoms with Crippen molar-refractivity contribution < 1.29 is 4.79 Å². The monoisotopic (exact) mass is 239 g/mol. The fraction of sp³-hybridized carbons (Fsp3) is 0.462. The number of halogens is 1. The summed E-state index contributed by atoms with van der Waals surface area (Å²) in [5, 5.41) is -0.475. The van der Waals surface area contributed by atoms with Gasteiger partial charge in [0.2, 0.25) is 5.91 Å². The molecule has 3 heteroatoms. The largest absolute Gasteiger partial charge is 0.311 e. The molecule has 0 aliphatic heterocycles. The average molecular weight is 240 g/mol. The van der Waals surface area contributed by atoms with E-state index in [4.69, 9.17) is 11.6 Å². The molecule has 0 aromatic heterocycles. The number of benzene rings is 1. The first-order valence-corrected chi connectivity index (χ1v) is 6.11. The molecule has 1 atom stereocenters. The molecule has 0 saturated carbocycles. The number of rotatable bonds is 5. The Morgan fingerprint density at radius 1 is 1.38 bits per heavy atom. The predicted octanol–water partition coefficient (Wildman–Crippen LogP) is 3.45. The van der Waals surface area contributed by atoms with Gasteiger partial charge in [-0.1, -0.05) is 31.5 Å². The topological polar surface area (TPSA) is 20.3 Å². The fourth-order valence-electron chi connectivity index (χ4n) is 1.51. The van der Waals surface area contributed by atoms with E-state index in [9.17, 15) is 4.79 Å². The molecule has 1 rings (SSSR count). The van der Waals surface area contributed by atoms with Gasteiger partial charge in [-0.2, -0.15) is 0 Å². The van der Waals surface area contributed by atoms with Gasteiger partial charge in [0.1, 0.15) is 5.38 Å². The van der Waals surface area contributed by atoms with Crippen LogP contribution in [0, 0.1) is 0 Å². The Labute approximate surface area is 102 Å². The number of nitrogens with zero attached hydrogens (tertiary/aromatic N) is 1. The predicted molar refractivity (Wildman–Crippen MR) is 69.0 cm³/mol. The number of hydrogen-bond donors (Lipinski definition) is 0. The SMILES string of the molecule is CCCCN(C(=O)C(C)Cl)c1ccccc1. The normalized spacial score (nSPS) is 12.2. The van der Waals surface area contributed by atoms with Crippen LogP contribution in [0.1, 0.15) is 26.7 Å². The zero-order valence-electron chi connectivity index (χ0n) is 9.82. The first-order valence-electron chi connectivity index (χ1n) is 5.67. The van der Waals surface area contributed by atoms with Gasteiger partial charge in [-0.15, -0.1) is 11.6 Å². The molecule has 0 saturated heterocycles. The van der Waals surface area contributed by atoms with Crippen molar-refractivity contribution in [1.82, 2.24) is 0 Å². The van der Waals surface area contributed by atoms with Crippen molar-refractivity contribution in [2.45, 2.75) is 32.1 Å². The van der Waals surface area contributed by atoms with Crippen molar-refractivity contribution in [2.24, 2.45) is 0 Å². The third kappa shape index (κ3) is 3.53. The first-order chi connectivity index (χ1) is 7.66. The molecule has 0 spiro atoms. The van der Waals surface area contributed by atoms with E-state index in [0.29, 0.717) is 0 Å². The van der Waals surface area contributed by atoms with Crippen molar-refractivity contribution in [3.05, 3.63) is 30.3 Å². The minimum absolute atomic E-state index is 0.0266. The Kier molecular flexibility index (Phi) is 5.33. The lowest BCUT2D eigenvalue weighted by molar-refractivity contribution is -0.118. The minimum atomic E-state index is -0.475. The molecule has 0 bridgehead atoms. The highest BCUT2D eigenvalue weighted by atomic mass is 35.5. The van der Waals surface area contributed by atoms with Crippen molar-refractivity contribution >= 4 is 23.2 Å². The Morgan fingerprint density at radius 2 is 2.00 bits per heavy atom. The maximum absolute atomic E-state index is 11.9. The molecule has 0 N–H and O–H groups in total. The van der Waals surface area contributed by atoms with E-state index in [2.05, 4.69) is 6.92 Å². The molecule has 1 amide bonds. The molecular weight excluding hydrogens is 222 g/mol. The van der Waals surface area contributed by atoms with Gasteiger partial charge in [-0.3, -0.25) is 4.79 Å². The summed E-state index contributed by atoms with van der Waals surface area (Å²) in [5.41, 5.74) is 0.924. The summed E-state index contributed by atoms with van der Waals surface area (Å²) in [6.07, 6.45) is 2.05. The quantitative estimate of drug-likeness (QED) is 0.721. The summed E-state index contributed by atoms with van der Waals surface area (Å²) >= 11 is 5.86. The second-order valence-electron chi connectivity index (χ2n) is 3.79. The number of hydrogen-bond acceptors (Lipinski definition) is 1. The van der Waals surface area contributed by atoms with Gasteiger partial charge in [0.25, 0.3) is 0 Å². The van der Waals surface area contributed by atoms with Crippen LogP contribution in [-0.4, -0.2) is 17.8 Å². The molecule has 16 heavy (non-hydrogen) atoms. The molecule has 0 fully saturated rings. The van der Waals surface area contributed by atoms with E-state index >= 15 is 0 Å². The highest BCUT2D eigenvalue weighted by Crippen LogP contribution is 2.16. The standard InChI is InChI=1S/C13H18ClNO/c1-3-4-10-15(13(16)11(2)14)12-8-6-5-7-9-12/h5-9,11H,3-4,10H2,1-2H3. The van der Waals surface area contributed by atoms with Crippen LogP contribution >= 0.6 is 11.6 Å². The lowest BCUT2D eigenvalue weighted by Crippen LogP contribution is -2.36. The van der Waals surface area contributed by atoms with Crippen molar-refractivity contribution in [3.63, 3.8) is 0 Å². The summed E-state index contributed by atoms with van der Waals surface area (Å²) < 4.78 is 0. The number of amides is 1. The second kappa shape index (κ2) is 6.54. The van der Waals surface area contributed by atoms with Gasteiger partial charge >= 0.3 is 0 Å². The van der Waals surface area contributed by atoms with Gasteiger partial charge in [0.15, 0.2) is 0 Å². The molecule has 2 nitrogen and oxygen atoms in total. The van der Waals surface area contributed by atoms with Crippen molar-refractivity contribution in [2.75, 3.05) is 11.4 Å². The molecule has 88 valence electrons. The number of anilines is 1. The van der Waals surface area contributed by atoms with Gasteiger partial charge in [-0.25, -0.2) is 0 Å². The zero-order chi connectivity index (χ0) is 12.0. The van der Waals surface area contributed by atoms with Crippen molar-refractivity contribution in [1.29, 1.82) is 0 Å². The molecule has 0 heterocycles. The maximum atomic E-state index is 11.9. The van der Waals surface area contributed by atoms with Gasteiger partial charge < -0.3 is 4.90 Å². The van der Waals surface area contributed by atoms with Crippen LogP contribution in [0.5, 0.6) is 0 Å². The van der Waals surface area contributed by atoms with Gasteiger partial charge in [0, 0.05) is 12.2 Å². The van der Waals surface area contributed by atoms with Crippen LogP contribution in [0.4, 0.5) is 5.69 Å². The Balaban J connectivity index is 2.83. The number of carbonyl (C=O) groups is 1. The molecular formula is C13H18ClNO. The van der Waals surface area contributed by atoms with Crippen LogP contribution in [0.15, 0.2) is 30.3 Å². The van der Waals surface area contributed by atoms with E-state index < -0.39 is 5.38 Å². The van der Waals surface area contributed by atoms with Crippen LogP contribution in [-0.2, 0) is 4.79 Å². The fourth-order valence-corrected chi connectivity index (χ4v) is 1.62. The van der Waals surface area contributed by atoms with Gasteiger partial charge in [0.05, 0.1) is 0 Å². The maximum Gasteiger partial charge on any atom is 0.244 e. The molecule has 1 aromatic carbocycles. The molecule has 0 aliphatic rings. The van der Waals surface area contributed by atoms with Gasteiger partial charge in [-0.05, 0) is 25.5 Å². The summed E-state index contributed by atoms with van der Waals surface area (Å²) in [5.74, 6) is -0.0266. The Hall–Kier alpha value is -1.02.